The number of nitrogens with zero attached hydrogens (tertiary/aromatic N) is 1. The van der Waals surface area contributed by atoms with Gasteiger partial charge >= 0.3 is 0 Å². The maximum atomic E-state index is 5.89. The zero-order valence-electron chi connectivity index (χ0n) is 9.83. The highest BCUT2D eigenvalue weighted by molar-refractivity contribution is 5.37. The molecule has 0 radical (unpaired) electrons. The molecule has 0 saturated carbocycles. The van der Waals surface area contributed by atoms with Crippen LogP contribution in [0.1, 0.15) is 36.6 Å². The maximum Gasteiger partial charge on any atom is 0.0480 e. The minimum absolute atomic E-state index is 0.417. The maximum absolute atomic E-state index is 5.89. The fourth-order valence-electron chi connectivity index (χ4n) is 2.46. The van der Waals surface area contributed by atoms with E-state index < -0.39 is 0 Å². The second-order valence-corrected chi connectivity index (χ2v) is 4.72. The van der Waals surface area contributed by atoms with Crippen LogP contribution < -0.4 is 5.73 Å². The standard InChI is InChI=1S/C13H20N2/c1-9(2)15-8-11-5-4-10(3)6-12(11)13(15)7-14/h4-6,9,13H,7-8,14H2,1-3H3. The molecule has 1 aliphatic heterocycles. The molecule has 0 saturated heterocycles. The molecular formula is C13H20N2. The first kappa shape index (κ1) is 10.7. The van der Waals surface area contributed by atoms with Gasteiger partial charge in [-0.15, -0.1) is 0 Å². The Hall–Kier alpha value is -0.860. The van der Waals surface area contributed by atoms with Crippen LogP contribution in [0.2, 0.25) is 0 Å². The summed E-state index contributed by atoms with van der Waals surface area (Å²) < 4.78 is 0. The van der Waals surface area contributed by atoms with Gasteiger partial charge in [0.25, 0.3) is 0 Å². The SMILES string of the molecule is Cc1ccc2c(c1)C(CN)N(C(C)C)C2. The van der Waals surface area contributed by atoms with Crippen LogP contribution in [0.5, 0.6) is 0 Å². The van der Waals surface area contributed by atoms with E-state index in [0.29, 0.717) is 18.6 Å². The number of nitrogens with two attached hydrogens (primary N) is 1. The monoisotopic (exact) mass is 204 g/mol. The Morgan fingerprint density at radius 3 is 2.80 bits per heavy atom. The molecule has 1 aliphatic rings. The first-order valence-electron chi connectivity index (χ1n) is 5.68. The summed E-state index contributed by atoms with van der Waals surface area (Å²) in [7, 11) is 0. The number of benzene rings is 1. The minimum atomic E-state index is 0.417. The van der Waals surface area contributed by atoms with Crippen molar-refractivity contribution in [2.24, 2.45) is 5.73 Å². The van der Waals surface area contributed by atoms with Gasteiger partial charge in [-0.1, -0.05) is 23.8 Å². The van der Waals surface area contributed by atoms with Crippen molar-refractivity contribution < 1.29 is 0 Å². The Morgan fingerprint density at radius 2 is 2.20 bits per heavy atom. The molecule has 1 aromatic carbocycles. The summed E-state index contributed by atoms with van der Waals surface area (Å²) in [5, 5.41) is 0. The van der Waals surface area contributed by atoms with Crippen LogP contribution in [-0.4, -0.2) is 17.5 Å². The molecule has 2 nitrogen and oxygen atoms in total. The Balaban J connectivity index is 2.38. The van der Waals surface area contributed by atoms with Crippen LogP contribution in [0.3, 0.4) is 0 Å². The van der Waals surface area contributed by atoms with Gasteiger partial charge in [-0.3, -0.25) is 4.90 Å². The largest absolute Gasteiger partial charge is 0.329 e. The lowest BCUT2D eigenvalue weighted by Gasteiger charge is -2.27. The molecule has 0 aliphatic carbocycles. The van der Waals surface area contributed by atoms with Gasteiger partial charge < -0.3 is 5.73 Å². The molecule has 1 unspecified atom stereocenters. The second kappa shape index (κ2) is 3.95. The lowest BCUT2D eigenvalue weighted by atomic mass is 10.0. The van der Waals surface area contributed by atoms with E-state index in [1.807, 2.05) is 0 Å². The quantitative estimate of drug-likeness (QED) is 0.800. The van der Waals surface area contributed by atoms with E-state index in [1.165, 1.54) is 16.7 Å². The van der Waals surface area contributed by atoms with Crippen molar-refractivity contribution in [3.8, 4) is 0 Å². The van der Waals surface area contributed by atoms with Gasteiger partial charge in [0.2, 0.25) is 0 Å². The van der Waals surface area contributed by atoms with Crippen LogP contribution in [0.4, 0.5) is 0 Å². The van der Waals surface area contributed by atoms with Gasteiger partial charge in [0, 0.05) is 25.2 Å². The van der Waals surface area contributed by atoms with Crippen molar-refractivity contribution in [3.63, 3.8) is 0 Å². The van der Waals surface area contributed by atoms with Gasteiger partial charge in [-0.2, -0.15) is 0 Å². The smallest absolute Gasteiger partial charge is 0.0480 e. The Labute approximate surface area is 92.1 Å². The van der Waals surface area contributed by atoms with Crippen molar-refractivity contribution in [3.05, 3.63) is 34.9 Å². The normalized spacial score (nSPS) is 21.0. The fraction of sp³-hybridized carbons (Fsp3) is 0.538. The summed E-state index contributed by atoms with van der Waals surface area (Å²) in [6, 6.07) is 7.70. The third-order valence-electron chi connectivity index (χ3n) is 3.30. The van der Waals surface area contributed by atoms with E-state index in [1.54, 1.807) is 0 Å². The van der Waals surface area contributed by atoms with Gasteiger partial charge in [0.1, 0.15) is 0 Å². The topological polar surface area (TPSA) is 29.3 Å². The lowest BCUT2D eigenvalue weighted by Crippen LogP contribution is -2.33. The molecule has 0 amide bonds. The molecule has 1 atom stereocenters. The molecule has 0 bridgehead atoms. The fourth-order valence-corrected chi connectivity index (χ4v) is 2.46. The van der Waals surface area contributed by atoms with Crippen molar-refractivity contribution in [2.75, 3.05) is 6.54 Å². The van der Waals surface area contributed by atoms with Crippen molar-refractivity contribution in [2.45, 2.75) is 39.4 Å². The van der Waals surface area contributed by atoms with Crippen LogP contribution in [0, 0.1) is 6.92 Å². The predicted molar refractivity (Wildman–Crippen MR) is 63.7 cm³/mol. The first-order valence-corrected chi connectivity index (χ1v) is 5.68. The van der Waals surface area contributed by atoms with Gasteiger partial charge in [0.05, 0.1) is 0 Å². The molecule has 1 aromatic rings. The summed E-state index contributed by atoms with van der Waals surface area (Å²) in [6.45, 7) is 8.39. The number of rotatable bonds is 2. The van der Waals surface area contributed by atoms with Crippen LogP contribution in [0.25, 0.3) is 0 Å². The van der Waals surface area contributed by atoms with Crippen LogP contribution in [0.15, 0.2) is 18.2 Å². The number of hydrogen-bond acceptors (Lipinski definition) is 2. The molecule has 2 N–H and O–H groups in total. The van der Waals surface area contributed by atoms with Crippen molar-refractivity contribution >= 4 is 0 Å². The summed E-state index contributed by atoms with van der Waals surface area (Å²) in [5.41, 5.74) is 10.1. The Bertz CT molecular complexity index is 358. The molecule has 0 spiro atoms. The van der Waals surface area contributed by atoms with E-state index in [-0.39, 0.29) is 0 Å². The summed E-state index contributed by atoms with van der Waals surface area (Å²) >= 11 is 0. The molecular weight excluding hydrogens is 184 g/mol. The van der Waals surface area contributed by atoms with Crippen LogP contribution in [-0.2, 0) is 6.54 Å². The predicted octanol–water partition coefficient (Wildman–Crippen LogP) is 2.22. The zero-order valence-corrected chi connectivity index (χ0v) is 9.83. The zero-order chi connectivity index (χ0) is 11.0. The van der Waals surface area contributed by atoms with E-state index in [2.05, 4.69) is 43.9 Å². The molecule has 1 heterocycles. The second-order valence-electron chi connectivity index (χ2n) is 4.72. The average Bonchev–Trinajstić information content (AvgIpc) is 2.55. The number of fused-ring (bicyclic) bond motifs is 1. The average molecular weight is 204 g/mol. The molecule has 82 valence electrons. The highest BCUT2D eigenvalue weighted by atomic mass is 15.2. The Kier molecular flexibility index (Phi) is 2.81. The van der Waals surface area contributed by atoms with Crippen molar-refractivity contribution in [1.82, 2.24) is 4.90 Å². The molecule has 0 fully saturated rings. The van der Waals surface area contributed by atoms with Crippen molar-refractivity contribution in [1.29, 1.82) is 0 Å². The van der Waals surface area contributed by atoms with Crippen LogP contribution >= 0.6 is 0 Å². The molecule has 0 aromatic heterocycles. The molecule has 2 heteroatoms. The van der Waals surface area contributed by atoms with Gasteiger partial charge in [0.15, 0.2) is 0 Å². The molecule has 15 heavy (non-hydrogen) atoms. The third kappa shape index (κ3) is 1.80. The first-order chi connectivity index (χ1) is 7.13. The lowest BCUT2D eigenvalue weighted by molar-refractivity contribution is 0.172. The number of hydrogen-bond donors (Lipinski definition) is 1. The summed E-state index contributed by atoms with van der Waals surface area (Å²) in [6.07, 6.45) is 0. The van der Waals surface area contributed by atoms with E-state index in [9.17, 15) is 0 Å². The third-order valence-corrected chi connectivity index (χ3v) is 3.30. The number of aryl methyl sites for hydroxylation is 1. The molecule has 2 rings (SSSR count). The van der Waals surface area contributed by atoms with E-state index >= 15 is 0 Å². The van der Waals surface area contributed by atoms with Gasteiger partial charge in [-0.05, 0) is 31.9 Å². The van der Waals surface area contributed by atoms with Gasteiger partial charge in [-0.25, -0.2) is 0 Å². The Morgan fingerprint density at radius 1 is 1.47 bits per heavy atom. The minimum Gasteiger partial charge on any atom is -0.329 e. The summed E-state index contributed by atoms with van der Waals surface area (Å²) in [5.74, 6) is 0. The van der Waals surface area contributed by atoms with E-state index in [4.69, 9.17) is 5.73 Å². The highest BCUT2D eigenvalue weighted by Crippen LogP contribution is 2.34. The highest BCUT2D eigenvalue weighted by Gasteiger charge is 2.30. The van der Waals surface area contributed by atoms with E-state index in [0.717, 1.165) is 6.54 Å². The summed E-state index contributed by atoms with van der Waals surface area (Å²) in [4.78, 5) is 2.48.